The molecule has 8 heteroatoms. The quantitative estimate of drug-likeness (QED) is 0.526. The third-order valence-electron chi connectivity index (χ3n) is 4.95. The largest absolute Gasteiger partial charge is 0.484 e. The van der Waals surface area contributed by atoms with Crippen LogP contribution in [0.5, 0.6) is 5.75 Å². The molecule has 0 spiro atoms. The molecule has 2 heterocycles. The van der Waals surface area contributed by atoms with Gasteiger partial charge in [-0.15, -0.1) is 11.3 Å². The van der Waals surface area contributed by atoms with E-state index in [2.05, 4.69) is 10.3 Å². The first-order valence-corrected chi connectivity index (χ1v) is 11.3. The fourth-order valence-corrected chi connectivity index (χ4v) is 4.35. The van der Waals surface area contributed by atoms with E-state index in [-0.39, 0.29) is 12.5 Å². The molecule has 3 aromatic rings. The van der Waals surface area contributed by atoms with E-state index in [4.69, 9.17) is 32.9 Å². The summed E-state index contributed by atoms with van der Waals surface area (Å²) in [6, 6.07) is 14.7. The SMILES string of the molecule is O=C(COc1ccc(Cl)cc1)N1CCN(Cc2nc(-c3ccc(Cl)cc3)cs2)CC1. The number of nitrogens with zero attached hydrogens (tertiary/aromatic N) is 3. The Bertz CT molecular complexity index is 984. The Morgan fingerprint density at radius 2 is 1.60 bits per heavy atom. The number of rotatable bonds is 6. The van der Waals surface area contributed by atoms with Crippen molar-refractivity contribution in [1.82, 2.24) is 14.8 Å². The molecular formula is C22H21Cl2N3O2S. The van der Waals surface area contributed by atoms with Gasteiger partial charge in [0.05, 0.1) is 12.2 Å². The summed E-state index contributed by atoms with van der Waals surface area (Å²) in [5.41, 5.74) is 2.04. The molecule has 1 aromatic heterocycles. The minimum Gasteiger partial charge on any atom is -0.484 e. The summed E-state index contributed by atoms with van der Waals surface area (Å²) in [5.74, 6) is 0.649. The van der Waals surface area contributed by atoms with Crippen molar-refractivity contribution >= 4 is 40.4 Å². The van der Waals surface area contributed by atoms with Crippen LogP contribution in [0.3, 0.4) is 0 Å². The van der Waals surface area contributed by atoms with Gasteiger partial charge in [-0.25, -0.2) is 4.98 Å². The van der Waals surface area contributed by atoms with Crippen molar-refractivity contribution in [2.45, 2.75) is 6.54 Å². The normalized spacial score (nSPS) is 14.7. The Labute approximate surface area is 189 Å². The maximum atomic E-state index is 12.4. The zero-order chi connectivity index (χ0) is 20.9. The van der Waals surface area contributed by atoms with E-state index in [1.54, 1.807) is 35.6 Å². The number of hydrogen-bond donors (Lipinski definition) is 0. The molecule has 1 saturated heterocycles. The highest BCUT2D eigenvalue weighted by molar-refractivity contribution is 7.09. The number of piperazine rings is 1. The topological polar surface area (TPSA) is 45.7 Å². The number of carbonyl (C=O) groups excluding carboxylic acids is 1. The summed E-state index contributed by atoms with van der Waals surface area (Å²) >= 11 is 13.5. The van der Waals surface area contributed by atoms with E-state index in [0.717, 1.165) is 40.9 Å². The van der Waals surface area contributed by atoms with Crippen LogP contribution in [-0.4, -0.2) is 53.5 Å². The van der Waals surface area contributed by atoms with Gasteiger partial charge >= 0.3 is 0 Å². The van der Waals surface area contributed by atoms with E-state index in [0.29, 0.717) is 23.9 Å². The zero-order valence-electron chi connectivity index (χ0n) is 16.3. The second-order valence-corrected chi connectivity index (χ2v) is 8.85. The minimum absolute atomic E-state index is 0.00359. The third-order valence-corrected chi connectivity index (χ3v) is 6.29. The van der Waals surface area contributed by atoms with Gasteiger partial charge < -0.3 is 9.64 Å². The van der Waals surface area contributed by atoms with Crippen LogP contribution >= 0.6 is 34.5 Å². The van der Waals surface area contributed by atoms with Crippen molar-refractivity contribution in [2.24, 2.45) is 0 Å². The average molecular weight is 462 g/mol. The van der Waals surface area contributed by atoms with Crippen LogP contribution in [-0.2, 0) is 11.3 Å². The van der Waals surface area contributed by atoms with Crippen LogP contribution in [0.2, 0.25) is 10.0 Å². The van der Waals surface area contributed by atoms with Gasteiger partial charge in [0.15, 0.2) is 6.61 Å². The highest BCUT2D eigenvalue weighted by Crippen LogP contribution is 2.24. The van der Waals surface area contributed by atoms with Crippen LogP contribution in [0, 0.1) is 0 Å². The lowest BCUT2D eigenvalue weighted by Crippen LogP contribution is -2.49. The van der Waals surface area contributed by atoms with Crippen molar-refractivity contribution in [3.05, 3.63) is 69.0 Å². The van der Waals surface area contributed by atoms with Crippen LogP contribution in [0.15, 0.2) is 53.9 Å². The van der Waals surface area contributed by atoms with E-state index >= 15 is 0 Å². The van der Waals surface area contributed by atoms with Crippen LogP contribution in [0.1, 0.15) is 5.01 Å². The monoisotopic (exact) mass is 461 g/mol. The lowest BCUT2D eigenvalue weighted by molar-refractivity contribution is -0.135. The summed E-state index contributed by atoms with van der Waals surface area (Å²) in [4.78, 5) is 21.4. The molecule has 0 bridgehead atoms. The molecule has 0 N–H and O–H groups in total. The molecule has 0 saturated carbocycles. The van der Waals surface area contributed by atoms with Crippen molar-refractivity contribution in [3.8, 4) is 17.0 Å². The first-order valence-electron chi connectivity index (χ1n) is 9.66. The Morgan fingerprint density at radius 1 is 0.967 bits per heavy atom. The highest BCUT2D eigenvalue weighted by Gasteiger charge is 2.22. The summed E-state index contributed by atoms with van der Waals surface area (Å²) in [5, 5.41) is 4.52. The first-order chi connectivity index (χ1) is 14.6. The summed E-state index contributed by atoms with van der Waals surface area (Å²) in [6.07, 6.45) is 0. The Hall–Kier alpha value is -2.12. The number of hydrogen-bond acceptors (Lipinski definition) is 5. The number of amides is 1. The van der Waals surface area contributed by atoms with Gasteiger partial charge in [0, 0.05) is 47.2 Å². The molecule has 0 atom stereocenters. The molecule has 4 rings (SSSR count). The second-order valence-electron chi connectivity index (χ2n) is 7.03. The van der Waals surface area contributed by atoms with Gasteiger partial charge in [-0.05, 0) is 36.4 Å². The van der Waals surface area contributed by atoms with Crippen molar-refractivity contribution < 1.29 is 9.53 Å². The number of thiazole rings is 1. The molecule has 0 radical (unpaired) electrons. The fourth-order valence-electron chi connectivity index (χ4n) is 3.25. The Balaban J connectivity index is 1.24. The molecule has 156 valence electrons. The molecule has 0 aliphatic carbocycles. The van der Waals surface area contributed by atoms with Crippen LogP contribution in [0.25, 0.3) is 11.3 Å². The molecule has 30 heavy (non-hydrogen) atoms. The maximum absolute atomic E-state index is 12.4. The van der Waals surface area contributed by atoms with Gasteiger partial charge in [-0.1, -0.05) is 35.3 Å². The van der Waals surface area contributed by atoms with Crippen LogP contribution in [0.4, 0.5) is 0 Å². The first kappa shape index (κ1) is 21.1. The maximum Gasteiger partial charge on any atom is 0.260 e. The van der Waals surface area contributed by atoms with E-state index in [9.17, 15) is 4.79 Å². The van der Waals surface area contributed by atoms with Gasteiger partial charge in [0.2, 0.25) is 0 Å². The molecule has 0 unspecified atom stereocenters. The predicted molar refractivity (Wildman–Crippen MR) is 121 cm³/mol. The van der Waals surface area contributed by atoms with Crippen molar-refractivity contribution in [2.75, 3.05) is 32.8 Å². The number of halogens is 2. The molecule has 5 nitrogen and oxygen atoms in total. The standard InChI is InChI=1S/C22H21Cl2N3O2S/c23-17-3-1-16(2-4-17)20-15-30-21(25-20)13-26-9-11-27(12-10-26)22(28)14-29-19-7-5-18(24)6-8-19/h1-8,15H,9-14H2. The summed E-state index contributed by atoms with van der Waals surface area (Å²) < 4.78 is 5.57. The number of carbonyl (C=O) groups is 1. The molecule has 1 amide bonds. The lowest BCUT2D eigenvalue weighted by Gasteiger charge is -2.34. The van der Waals surface area contributed by atoms with E-state index in [1.807, 2.05) is 29.2 Å². The zero-order valence-corrected chi connectivity index (χ0v) is 18.6. The highest BCUT2D eigenvalue weighted by atomic mass is 35.5. The van der Waals surface area contributed by atoms with E-state index in [1.165, 1.54) is 0 Å². The molecule has 1 aliphatic rings. The lowest BCUT2D eigenvalue weighted by atomic mass is 10.2. The molecule has 2 aromatic carbocycles. The molecule has 1 fully saturated rings. The number of aromatic nitrogens is 1. The smallest absolute Gasteiger partial charge is 0.260 e. The molecular weight excluding hydrogens is 441 g/mol. The van der Waals surface area contributed by atoms with E-state index < -0.39 is 0 Å². The minimum atomic E-state index is 0.00359. The van der Waals surface area contributed by atoms with Crippen molar-refractivity contribution in [1.29, 1.82) is 0 Å². The fraction of sp³-hybridized carbons (Fsp3) is 0.273. The average Bonchev–Trinajstić information content (AvgIpc) is 3.22. The summed E-state index contributed by atoms with van der Waals surface area (Å²) in [6.45, 7) is 3.86. The van der Waals surface area contributed by atoms with Gasteiger partial charge in [0.25, 0.3) is 5.91 Å². The van der Waals surface area contributed by atoms with Gasteiger partial charge in [0.1, 0.15) is 10.8 Å². The second kappa shape index (κ2) is 9.79. The predicted octanol–water partition coefficient (Wildman–Crippen LogP) is 4.84. The van der Waals surface area contributed by atoms with Gasteiger partial charge in [-0.3, -0.25) is 9.69 Å². The van der Waals surface area contributed by atoms with Crippen molar-refractivity contribution in [3.63, 3.8) is 0 Å². The third kappa shape index (κ3) is 5.52. The number of ether oxygens (including phenoxy) is 1. The van der Waals surface area contributed by atoms with Gasteiger partial charge in [-0.2, -0.15) is 0 Å². The number of benzene rings is 2. The Kier molecular flexibility index (Phi) is 6.89. The Morgan fingerprint density at radius 3 is 2.27 bits per heavy atom. The summed E-state index contributed by atoms with van der Waals surface area (Å²) in [7, 11) is 0. The van der Waals surface area contributed by atoms with Crippen LogP contribution < -0.4 is 4.74 Å². The molecule has 1 aliphatic heterocycles.